The highest BCUT2D eigenvalue weighted by atomic mass is 15.3. The number of hydrogen-bond acceptors (Lipinski definition) is 6. The number of anilines is 2. The molecule has 2 aromatic rings. The van der Waals surface area contributed by atoms with Crippen LogP contribution in [-0.4, -0.2) is 40.6 Å². The molecule has 2 atom stereocenters. The Balaban J connectivity index is 1.40. The lowest BCUT2D eigenvalue weighted by atomic mass is 10.0. The first-order chi connectivity index (χ1) is 12.3. The van der Waals surface area contributed by atoms with Crippen molar-refractivity contribution < 1.29 is 0 Å². The second-order valence-electron chi connectivity index (χ2n) is 7.21. The highest BCUT2D eigenvalue weighted by Crippen LogP contribution is 2.38. The van der Waals surface area contributed by atoms with Crippen molar-refractivity contribution in [2.45, 2.75) is 31.7 Å². The van der Waals surface area contributed by atoms with Gasteiger partial charge in [-0.05, 0) is 37.8 Å². The third-order valence-corrected chi connectivity index (χ3v) is 5.87. The first-order valence-electron chi connectivity index (χ1n) is 9.04. The zero-order chi connectivity index (χ0) is 16.8. The lowest BCUT2D eigenvalue weighted by molar-refractivity contribution is 0.579. The van der Waals surface area contributed by atoms with Gasteiger partial charge in [0.2, 0.25) is 0 Å². The summed E-state index contributed by atoms with van der Waals surface area (Å²) in [6, 6.07) is 6.45. The smallest absolute Gasteiger partial charge is 0.135 e. The molecule has 5 rings (SSSR count). The summed E-state index contributed by atoms with van der Waals surface area (Å²) in [5.41, 5.74) is 3.23. The first-order valence-corrected chi connectivity index (χ1v) is 9.04. The van der Waals surface area contributed by atoms with Crippen LogP contribution in [0.1, 0.15) is 29.7 Å². The van der Waals surface area contributed by atoms with Gasteiger partial charge < -0.3 is 9.80 Å². The number of pyridine rings is 1. The summed E-state index contributed by atoms with van der Waals surface area (Å²) < 4.78 is 0. The van der Waals surface area contributed by atoms with E-state index in [-0.39, 0.29) is 0 Å². The average Bonchev–Trinajstić information content (AvgIpc) is 3.36. The Morgan fingerprint density at radius 2 is 2.08 bits per heavy atom. The van der Waals surface area contributed by atoms with Crippen LogP contribution >= 0.6 is 0 Å². The van der Waals surface area contributed by atoms with E-state index >= 15 is 0 Å². The SMILES string of the molecule is N#Cc1ccc(N2CC3CCN(c4ncnc5c4CCC5)C3C2)nc1. The molecule has 0 saturated carbocycles. The van der Waals surface area contributed by atoms with Crippen molar-refractivity contribution in [1.82, 2.24) is 15.0 Å². The number of hydrogen-bond donors (Lipinski definition) is 0. The number of nitriles is 1. The standard InChI is InChI=1S/C19H20N6/c20-8-13-4-5-18(21-9-13)24-10-14-6-7-25(17(14)11-24)19-15-2-1-3-16(15)22-12-23-19/h4-5,9,12,14,17H,1-3,6-7,10-11H2. The van der Waals surface area contributed by atoms with Crippen molar-refractivity contribution in [3.63, 3.8) is 0 Å². The molecule has 2 fully saturated rings. The minimum absolute atomic E-state index is 0.497. The molecule has 2 saturated heterocycles. The Labute approximate surface area is 147 Å². The summed E-state index contributed by atoms with van der Waals surface area (Å²) in [5.74, 6) is 2.80. The summed E-state index contributed by atoms with van der Waals surface area (Å²) in [4.78, 5) is 18.5. The van der Waals surface area contributed by atoms with Gasteiger partial charge >= 0.3 is 0 Å². The van der Waals surface area contributed by atoms with Crippen LogP contribution in [0.15, 0.2) is 24.7 Å². The third-order valence-electron chi connectivity index (χ3n) is 5.87. The molecule has 0 amide bonds. The molecule has 126 valence electrons. The molecule has 25 heavy (non-hydrogen) atoms. The van der Waals surface area contributed by atoms with E-state index in [1.807, 2.05) is 12.1 Å². The van der Waals surface area contributed by atoms with Gasteiger partial charge in [-0.1, -0.05) is 0 Å². The predicted molar refractivity (Wildman–Crippen MR) is 94.5 cm³/mol. The van der Waals surface area contributed by atoms with Gasteiger partial charge in [0.1, 0.15) is 24.0 Å². The Hall–Kier alpha value is -2.68. The summed E-state index contributed by atoms with van der Waals surface area (Å²) in [7, 11) is 0. The van der Waals surface area contributed by atoms with Gasteiger partial charge in [-0.3, -0.25) is 0 Å². The fourth-order valence-corrected chi connectivity index (χ4v) is 4.64. The van der Waals surface area contributed by atoms with Crippen molar-refractivity contribution in [1.29, 1.82) is 5.26 Å². The summed E-state index contributed by atoms with van der Waals surface area (Å²) in [6.45, 7) is 3.10. The maximum absolute atomic E-state index is 8.94. The predicted octanol–water partition coefficient (Wildman–Crippen LogP) is 1.95. The van der Waals surface area contributed by atoms with E-state index in [9.17, 15) is 0 Å². The van der Waals surface area contributed by atoms with E-state index in [4.69, 9.17) is 5.26 Å². The van der Waals surface area contributed by atoms with Gasteiger partial charge in [0.25, 0.3) is 0 Å². The number of aromatic nitrogens is 3. The van der Waals surface area contributed by atoms with Crippen molar-refractivity contribution in [2.75, 3.05) is 29.4 Å². The summed E-state index contributed by atoms with van der Waals surface area (Å²) >= 11 is 0. The van der Waals surface area contributed by atoms with E-state index in [0.29, 0.717) is 17.5 Å². The van der Waals surface area contributed by atoms with Crippen LogP contribution in [0.25, 0.3) is 0 Å². The van der Waals surface area contributed by atoms with E-state index in [0.717, 1.165) is 38.3 Å². The number of fused-ring (bicyclic) bond motifs is 2. The number of nitrogens with zero attached hydrogens (tertiary/aromatic N) is 6. The molecule has 1 aliphatic carbocycles. The largest absolute Gasteiger partial charge is 0.354 e. The van der Waals surface area contributed by atoms with Crippen LogP contribution in [-0.2, 0) is 12.8 Å². The minimum Gasteiger partial charge on any atom is -0.354 e. The number of rotatable bonds is 2. The fourth-order valence-electron chi connectivity index (χ4n) is 4.64. The monoisotopic (exact) mass is 332 g/mol. The maximum atomic E-state index is 8.94. The second kappa shape index (κ2) is 5.69. The quantitative estimate of drug-likeness (QED) is 0.837. The van der Waals surface area contributed by atoms with Gasteiger partial charge in [0.15, 0.2) is 0 Å². The molecule has 0 bridgehead atoms. The van der Waals surface area contributed by atoms with Crippen LogP contribution in [0.3, 0.4) is 0 Å². The first kappa shape index (κ1) is 14.6. The average molecular weight is 332 g/mol. The maximum Gasteiger partial charge on any atom is 0.135 e. The Morgan fingerprint density at radius 1 is 1.12 bits per heavy atom. The molecule has 2 aliphatic heterocycles. The van der Waals surface area contributed by atoms with Crippen LogP contribution in [0.4, 0.5) is 11.6 Å². The highest BCUT2D eigenvalue weighted by Gasteiger charge is 2.43. The second-order valence-corrected chi connectivity index (χ2v) is 7.21. The molecule has 0 aromatic carbocycles. The summed E-state index contributed by atoms with van der Waals surface area (Å²) in [6.07, 6.45) is 8.01. The van der Waals surface area contributed by atoms with Crippen molar-refractivity contribution in [2.24, 2.45) is 5.92 Å². The van der Waals surface area contributed by atoms with Gasteiger partial charge in [-0.2, -0.15) is 5.26 Å². The Morgan fingerprint density at radius 3 is 2.92 bits per heavy atom. The molecule has 6 heteroatoms. The fraction of sp³-hybridized carbons (Fsp3) is 0.474. The molecule has 4 heterocycles. The van der Waals surface area contributed by atoms with E-state index in [1.165, 1.54) is 29.9 Å². The van der Waals surface area contributed by atoms with E-state index < -0.39 is 0 Å². The van der Waals surface area contributed by atoms with Crippen molar-refractivity contribution >= 4 is 11.6 Å². The molecule has 0 N–H and O–H groups in total. The molecular weight excluding hydrogens is 312 g/mol. The molecule has 2 aromatic heterocycles. The molecule has 0 radical (unpaired) electrons. The lowest BCUT2D eigenvalue weighted by Crippen LogP contribution is -2.36. The molecule has 6 nitrogen and oxygen atoms in total. The van der Waals surface area contributed by atoms with E-state index in [1.54, 1.807) is 12.5 Å². The van der Waals surface area contributed by atoms with Crippen molar-refractivity contribution in [3.05, 3.63) is 41.5 Å². The van der Waals surface area contributed by atoms with Crippen LogP contribution in [0, 0.1) is 17.2 Å². The van der Waals surface area contributed by atoms with Gasteiger partial charge in [0, 0.05) is 43.0 Å². The molecule has 3 aliphatic rings. The summed E-state index contributed by atoms with van der Waals surface area (Å²) in [5, 5.41) is 8.94. The Kier molecular flexibility index (Phi) is 3.34. The minimum atomic E-state index is 0.497. The van der Waals surface area contributed by atoms with Crippen LogP contribution in [0.2, 0.25) is 0 Å². The molecular formula is C19H20N6. The van der Waals surface area contributed by atoms with Gasteiger partial charge in [-0.25, -0.2) is 15.0 Å². The zero-order valence-electron chi connectivity index (χ0n) is 14.1. The van der Waals surface area contributed by atoms with Crippen LogP contribution in [0.5, 0.6) is 0 Å². The third kappa shape index (κ3) is 2.34. The van der Waals surface area contributed by atoms with E-state index in [2.05, 4.69) is 30.8 Å². The Bertz CT molecular complexity index is 840. The number of aryl methyl sites for hydroxylation is 1. The molecule has 0 spiro atoms. The lowest BCUT2D eigenvalue weighted by Gasteiger charge is -2.27. The molecule has 2 unspecified atom stereocenters. The normalized spacial score (nSPS) is 24.3. The van der Waals surface area contributed by atoms with Gasteiger partial charge in [-0.15, -0.1) is 0 Å². The van der Waals surface area contributed by atoms with Crippen molar-refractivity contribution in [3.8, 4) is 6.07 Å². The zero-order valence-corrected chi connectivity index (χ0v) is 14.1. The van der Waals surface area contributed by atoms with Crippen LogP contribution < -0.4 is 9.80 Å². The van der Waals surface area contributed by atoms with Gasteiger partial charge in [0.05, 0.1) is 11.6 Å². The highest BCUT2D eigenvalue weighted by molar-refractivity contribution is 5.54. The topological polar surface area (TPSA) is 68.9 Å².